The van der Waals surface area contributed by atoms with Crippen molar-refractivity contribution in [1.29, 1.82) is 0 Å². The maximum Gasteiger partial charge on any atom is 0.258 e. The molecule has 0 atom stereocenters. The molecule has 1 amide bonds. The fourth-order valence-electron chi connectivity index (χ4n) is 2.54. The van der Waals surface area contributed by atoms with E-state index >= 15 is 0 Å². The van der Waals surface area contributed by atoms with Crippen molar-refractivity contribution in [2.24, 2.45) is 0 Å². The molecular weight excluding hydrogens is 448 g/mol. The summed E-state index contributed by atoms with van der Waals surface area (Å²) < 4.78 is 27.0. The zero-order chi connectivity index (χ0) is 21.7. The molecule has 0 aliphatic heterocycles. The smallest absolute Gasteiger partial charge is 0.258 e. The van der Waals surface area contributed by atoms with Crippen LogP contribution in [0.2, 0.25) is 5.02 Å². The van der Waals surface area contributed by atoms with E-state index in [1.165, 1.54) is 0 Å². The summed E-state index contributed by atoms with van der Waals surface area (Å²) >= 11 is 13.0. The molecule has 0 aliphatic rings. The third-order valence-corrected chi connectivity index (χ3v) is 5.41. The molecule has 0 unspecified atom stereocenters. The van der Waals surface area contributed by atoms with Crippen molar-refractivity contribution in [3.05, 3.63) is 82.9 Å². The molecule has 0 bridgehead atoms. The number of halogens is 3. The van der Waals surface area contributed by atoms with Crippen LogP contribution in [0.3, 0.4) is 0 Å². The summed E-state index contributed by atoms with van der Waals surface area (Å²) in [6.07, 6.45) is 1.95. The summed E-state index contributed by atoms with van der Waals surface area (Å²) in [5.41, 5.74) is 1.48. The van der Waals surface area contributed by atoms with Crippen LogP contribution >= 0.6 is 35.6 Å². The van der Waals surface area contributed by atoms with E-state index in [1.807, 2.05) is 18.4 Å². The highest BCUT2D eigenvalue weighted by atomic mass is 35.5. The Kier molecular flexibility index (Phi) is 7.25. The number of hydrogen-bond donors (Lipinski definition) is 3. The number of hydrogen-bond acceptors (Lipinski definition) is 3. The van der Waals surface area contributed by atoms with Crippen molar-refractivity contribution in [3.63, 3.8) is 0 Å². The van der Waals surface area contributed by atoms with Crippen molar-refractivity contribution in [2.75, 3.05) is 22.2 Å². The number of anilines is 3. The zero-order valence-electron chi connectivity index (χ0n) is 15.6. The molecule has 9 heteroatoms. The molecule has 3 rings (SSSR count). The number of benzene rings is 3. The number of carbonyl (C=O) groups excluding carboxylic acids is 1. The van der Waals surface area contributed by atoms with Crippen LogP contribution < -0.4 is 16.0 Å². The minimum absolute atomic E-state index is 0.363. The van der Waals surface area contributed by atoms with Gasteiger partial charge in [-0.2, -0.15) is 0 Å². The average Bonchev–Trinajstić information content (AvgIpc) is 2.71. The summed E-state index contributed by atoms with van der Waals surface area (Å²) in [5, 5.41) is 9.58. The molecule has 0 spiro atoms. The molecule has 0 aromatic heterocycles. The van der Waals surface area contributed by atoms with E-state index < -0.39 is 17.5 Å². The van der Waals surface area contributed by atoms with Gasteiger partial charge in [-0.1, -0.05) is 11.6 Å². The maximum atomic E-state index is 13.7. The van der Waals surface area contributed by atoms with Gasteiger partial charge in [-0.15, -0.1) is 11.8 Å². The van der Waals surface area contributed by atoms with Gasteiger partial charge in [-0.3, -0.25) is 4.79 Å². The Labute approximate surface area is 187 Å². The lowest BCUT2D eigenvalue weighted by Gasteiger charge is -2.12. The first kappa shape index (κ1) is 22.0. The lowest BCUT2D eigenvalue weighted by molar-refractivity contribution is 0.102. The Morgan fingerprint density at radius 2 is 1.50 bits per heavy atom. The van der Waals surface area contributed by atoms with E-state index in [-0.39, 0.29) is 5.56 Å². The number of thioether (sulfide) groups is 1. The molecule has 154 valence electrons. The average molecular weight is 464 g/mol. The molecule has 0 fully saturated rings. The molecule has 30 heavy (non-hydrogen) atoms. The van der Waals surface area contributed by atoms with E-state index in [2.05, 4.69) is 16.0 Å². The van der Waals surface area contributed by atoms with Gasteiger partial charge < -0.3 is 16.0 Å². The van der Waals surface area contributed by atoms with Gasteiger partial charge in [0, 0.05) is 22.0 Å². The number of thiocarbonyl (C=S) groups is 1. The first-order valence-electron chi connectivity index (χ1n) is 8.64. The summed E-state index contributed by atoms with van der Waals surface area (Å²) in [6, 6.07) is 14.9. The minimum atomic E-state index is -0.797. The molecule has 0 saturated heterocycles. The number of carbonyl (C=O) groups is 1. The van der Waals surface area contributed by atoms with Crippen LogP contribution in [0.1, 0.15) is 10.4 Å². The molecule has 0 heterocycles. The first-order chi connectivity index (χ1) is 14.4. The second-order valence-corrected chi connectivity index (χ2v) is 7.75. The lowest BCUT2D eigenvalue weighted by Crippen LogP contribution is -2.19. The van der Waals surface area contributed by atoms with Crippen LogP contribution in [0.5, 0.6) is 0 Å². The monoisotopic (exact) mass is 463 g/mol. The summed E-state index contributed by atoms with van der Waals surface area (Å²) in [7, 11) is 0. The highest BCUT2D eigenvalue weighted by Gasteiger charge is 2.13. The predicted molar refractivity (Wildman–Crippen MR) is 124 cm³/mol. The van der Waals surface area contributed by atoms with Crippen LogP contribution in [-0.2, 0) is 0 Å². The molecule has 3 N–H and O–H groups in total. The summed E-state index contributed by atoms with van der Waals surface area (Å²) in [4.78, 5) is 13.1. The van der Waals surface area contributed by atoms with Gasteiger partial charge >= 0.3 is 0 Å². The van der Waals surface area contributed by atoms with Crippen molar-refractivity contribution in [2.45, 2.75) is 4.90 Å². The molecule has 3 aromatic rings. The Balaban J connectivity index is 1.60. The summed E-state index contributed by atoms with van der Waals surface area (Å²) in [6.45, 7) is 0. The Hall–Kier alpha value is -2.68. The topological polar surface area (TPSA) is 53.2 Å². The second kappa shape index (κ2) is 9.88. The zero-order valence-corrected chi connectivity index (χ0v) is 18.0. The van der Waals surface area contributed by atoms with E-state index in [0.717, 1.165) is 28.8 Å². The van der Waals surface area contributed by atoms with Gasteiger partial charge in [-0.25, -0.2) is 8.78 Å². The molecule has 0 saturated carbocycles. The Morgan fingerprint density at radius 1 is 0.900 bits per heavy atom. The van der Waals surface area contributed by atoms with Crippen LogP contribution in [-0.4, -0.2) is 17.3 Å². The van der Waals surface area contributed by atoms with Crippen molar-refractivity contribution in [1.82, 2.24) is 0 Å². The Bertz CT molecular complexity index is 1090. The van der Waals surface area contributed by atoms with Crippen LogP contribution in [0.4, 0.5) is 25.8 Å². The van der Waals surface area contributed by atoms with Gasteiger partial charge in [-0.05, 0) is 79.1 Å². The van der Waals surface area contributed by atoms with Crippen LogP contribution in [0.15, 0.2) is 65.6 Å². The molecule has 4 nitrogen and oxygen atoms in total. The van der Waals surface area contributed by atoms with E-state index in [9.17, 15) is 13.6 Å². The van der Waals surface area contributed by atoms with E-state index in [0.29, 0.717) is 21.5 Å². The first-order valence-corrected chi connectivity index (χ1v) is 10.6. The van der Waals surface area contributed by atoms with Crippen molar-refractivity contribution < 1.29 is 13.6 Å². The van der Waals surface area contributed by atoms with Gasteiger partial charge in [0.25, 0.3) is 5.91 Å². The normalized spacial score (nSPS) is 10.4. The third-order valence-electron chi connectivity index (χ3n) is 3.98. The van der Waals surface area contributed by atoms with Crippen LogP contribution in [0.25, 0.3) is 0 Å². The SMILES string of the molecule is CSc1ccc(NC(=S)Nc2ccc(NC(=O)c3cc(F)ccc3F)cc2)cc1Cl. The van der Waals surface area contributed by atoms with Crippen molar-refractivity contribution in [3.8, 4) is 0 Å². The summed E-state index contributed by atoms with van der Waals surface area (Å²) in [5.74, 6) is -2.23. The fraction of sp³-hybridized carbons (Fsp3) is 0.0476. The van der Waals surface area contributed by atoms with Crippen molar-refractivity contribution >= 4 is 63.7 Å². The number of rotatable bonds is 5. The van der Waals surface area contributed by atoms with Gasteiger partial charge in [0.1, 0.15) is 11.6 Å². The highest BCUT2D eigenvalue weighted by molar-refractivity contribution is 7.98. The largest absolute Gasteiger partial charge is 0.332 e. The van der Waals surface area contributed by atoms with E-state index in [4.69, 9.17) is 23.8 Å². The van der Waals surface area contributed by atoms with Gasteiger partial charge in [0.05, 0.1) is 10.6 Å². The predicted octanol–water partition coefficient (Wildman–Crippen LogP) is 6.40. The fourth-order valence-corrected chi connectivity index (χ4v) is 3.65. The maximum absolute atomic E-state index is 13.7. The quantitative estimate of drug-likeness (QED) is 0.302. The Morgan fingerprint density at radius 3 is 2.13 bits per heavy atom. The van der Waals surface area contributed by atoms with Gasteiger partial charge in [0.15, 0.2) is 5.11 Å². The molecular formula is C21H16ClF2N3OS2. The standard InChI is InChI=1S/C21H16ClF2N3OS2/c1-30-19-9-7-15(11-17(19)22)27-21(29)26-14-5-3-13(4-6-14)25-20(28)16-10-12(23)2-8-18(16)24/h2-11H,1H3,(H,25,28)(H2,26,27,29). The number of amides is 1. The van der Waals surface area contributed by atoms with Gasteiger partial charge in [0.2, 0.25) is 0 Å². The third kappa shape index (κ3) is 5.69. The lowest BCUT2D eigenvalue weighted by atomic mass is 10.2. The number of nitrogens with one attached hydrogen (secondary N) is 3. The molecule has 0 radical (unpaired) electrons. The second-order valence-electron chi connectivity index (χ2n) is 6.08. The van der Waals surface area contributed by atoms with Crippen LogP contribution in [0, 0.1) is 11.6 Å². The molecule has 3 aromatic carbocycles. The molecule has 0 aliphatic carbocycles. The highest BCUT2D eigenvalue weighted by Crippen LogP contribution is 2.28. The van der Waals surface area contributed by atoms with E-state index in [1.54, 1.807) is 42.1 Å². The minimum Gasteiger partial charge on any atom is -0.332 e.